The van der Waals surface area contributed by atoms with Crippen LogP contribution in [0.1, 0.15) is 22.6 Å². The van der Waals surface area contributed by atoms with Crippen molar-refractivity contribution in [2.75, 3.05) is 6.61 Å². The first-order valence-corrected chi connectivity index (χ1v) is 9.83. The monoisotopic (exact) mass is 401 g/mol. The van der Waals surface area contributed by atoms with Crippen LogP contribution in [0.5, 0.6) is 0 Å². The van der Waals surface area contributed by atoms with Crippen molar-refractivity contribution < 1.29 is 14.3 Å². The summed E-state index contributed by atoms with van der Waals surface area (Å²) in [5.74, 6) is 4.77. The predicted octanol–water partition coefficient (Wildman–Crippen LogP) is 3.13. The SMILES string of the molecule is NNC(=O)C(Cc1ccccc1)NC(=O)OCC1c2ccccc2-c2ccccc21. The first kappa shape index (κ1) is 19.7. The average Bonchev–Trinajstić information content (AvgIpc) is 3.11. The van der Waals surface area contributed by atoms with E-state index in [1.165, 1.54) is 0 Å². The van der Waals surface area contributed by atoms with E-state index in [1.54, 1.807) is 0 Å². The number of hydrogen-bond donors (Lipinski definition) is 3. The summed E-state index contributed by atoms with van der Waals surface area (Å²) >= 11 is 0. The van der Waals surface area contributed by atoms with Gasteiger partial charge in [-0.15, -0.1) is 0 Å². The molecule has 30 heavy (non-hydrogen) atoms. The number of amides is 2. The minimum atomic E-state index is -0.826. The molecule has 6 nitrogen and oxygen atoms in total. The Morgan fingerprint density at radius 3 is 2.03 bits per heavy atom. The normalized spacial score (nSPS) is 13.1. The lowest BCUT2D eigenvalue weighted by Crippen LogP contribution is -2.50. The molecule has 6 heteroatoms. The molecular formula is C24H23N3O3. The lowest BCUT2D eigenvalue weighted by molar-refractivity contribution is -0.123. The molecule has 1 unspecified atom stereocenters. The number of carbonyl (C=O) groups is 2. The summed E-state index contributed by atoms with van der Waals surface area (Å²) in [5.41, 5.74) is 7.59. The minimum Gasteiger partial charge on any atom is -0.449 e. The van der Waals surface area contributed by atoms with Crippen LogP contribution in [-0.4, -0.2) is 24.6 Å². The van der Waals surface area contributed by atoms with E-state index >= 15 is 0 Å². The Hall–Kier alpha value is -3.64. The van der Waals surface area contributed by atoms with Gasteiger partial charge in [0.1, 0.15) is 12.6 Å². The molecule has 2 amide bonds. The molecule has 0 heterocycles. The molecule has 0 fully saturated rings. The molecule has 0 radical (unpaired) electrons. The molecule has 0 aromatic heterocycles. The van der Waals surface area contributed by atoms with Crippen molar-refractivity contribution in [2.24, 2.45) is 5.84 Å². The number of nitrogens with two attached hydrogens (primary N) is 1. The summed E-state index contributed by atoms with van der Waals surface area (Å²) in [6, 6.07) is 24.8. The van der Waals surface area contributed by atoms with Gasteiger partial charge in [-0.3, -0.25) is 10.2 Å². The minimum absolute atomic E-state index is 0.0425. The lowest BCUT2D eigenvalue weighted by atomic mass is 9.98. The summed E-state index contributed by atoms with van der Waals surface area (Å²) in [6.45, 7) is 0.183. The second kappa shape index (κ2) is 8.80. The Balaban J connectivity index is 1.44. The fourth-order valence-corrected chi connectivity index (χ4v) is 3.94. The van der Waals surface area contributed by atoms with Crippen molar-refractivity contribution in [1.29, 1.82) is 0 Å². The smallest absolute Gasteiger partial charge is 0.407 e. The highest BCUT2D eigenvalue weighted by Gasteiger charge is 2.29. The standard InChI is InChI=1S/C24H23N3O3/c25-27-23(28)22(14-16-8-2-1-3-9-16)26-24(29)30-15-21-19-12-6-4-10-17(19)18-11-5-7-13-20(18)21/h1-13,21-22H,14-15,25H2,(H,26,29)(H,27,28). The van der Waals surface area contributed by atoms with Crippen LogP contribution in [0.15, 0.2) is 78.9 Å². The van der Waals surface area contributed by atoms with Gasteiger partial charge in [0.2, 0.25) is 0 Å². The maximum Gasteiger partial charge on any atom is 0.407 e. The van der Waals surface area contributed by atoms with Gasteiger partial charge in [-0.05, 0) is 27.8 Å². The third kappa shape index (κ3) is 4.04. The molecule has 3 aromatic rings. The third-order valence-corrected chi connectivity index (χ3v) is 5.38. The fourth-order valence-electron chi connectivity index (χ4n) is 3.94. The maximum absolute atomic E-state index is 12.5. The molecule has 0 spiro atoms. The molecular weight excluding hydrogens is 378 g/mol. The number of hydrogen-bond acceptors (Lipinski definition) is 4. The zero-order valence-electron chi connectivity index (χ0n) is 16.4. The molecule has 0 aliphatic heterocycles. The average molecular weight is 401 g/mol. The predicted molar refractivity (Wildman–Crippen MR) is 114 cm³/mol. The number of nitrogens with one attached hydrogen (secondary N) is 2. The second-order valence-electron chi connectivity index (χ2n) is 7.22. The fraction of sp³-hybridized carbons (Fsp3) is 0.167. The van der Waals surface area contributed by atoms with Gasteiger partial charge >= 0.3 is 6.09 Å². The van der Waals surface area contributed by atoms with Crippen LogP contribution in [0.4, 0.5) is 4.79 Å². The van der Waals surface area contributed by atoms with E-state index in [1.807, 2.05) is 54.6 Å². The van der Waals surface area contributed by atoms with Crippen molar-refractivity contribution in [3.05, 3.63) is 95.6 Å². The van der Waals surface area contributed by atoms with Gasteiger partial charge in [0, 0.05) is 12.3 Å². The number of carbonyl (C=O) groups excluding carboxylic acids is 2. The van der Waals surface area contributed by atoms with Gasteiger partial charge in [-0.1, -0.05) is 78.9 Å². The van der Waals surface area contributed by atoms with Crippen molar-refractivity contribution in [2.45, 2.75) is 18.4 Å². The number of hydrazine groups is 1. The number of ether oxygens (including phenoxy) is 1. The Morgan fingerprint density at radius 1 is 0.867 bits per heavy atom. The van der Waals surface area contributed by atoms with Crippen LogP contribution < -0.4 is 16.6 Å². The number of fused-ring (bicyclic) bond motifs is 3. The van der Waals surface area contributed by atoms with E-state index in [0.717, 1.165) is 27.8 Å². The zero-order valence-corrected chi connectivity index (χ0v) is 16.4. The maximum atomic E-state index is 12.5. The summed E-state index contributed by atoms with van der Waals surface area (Å²) < 4.78 is 5.53. The summed E-state index contributed by atoms with van der Waals surface area (Å²) in [6.07, 6.45) is -0.338. The molecule has 4 N–H and O–H groups in total. The first-order valence-electron chi connectivity index (χ1n) is 9.83. The molecule has 0 saturated heterocycles. The largest absolute Gasteiger partial charge is 0.449 e. The highest BCUT2D eigenvalue weighted by molar-refractivity contribution is 5.85. The number of benzene rings is 3. The second-order valence-corrected chi connectivity index (χ2v) is 7.22. The molecule has 0 bridgehead atoms. The van der Waals surface area contributed by atoms with Gasteiger partial charge in [0.25, 0.3) is 5.91 Å². The van der Waals surface area contributed by atoms with E-state index in [0.29, 0.717) is 6.42 Å². The van der Waals surface area contributed by atoms with E-state index < -0.39 is 18.0 Å². The topological polar surface area (TPSA) is 93.5 Å². The van der Waals surface area contributed by atoms with Gasteiger partial charge in [0.05, 0.1) is 0 Å². The Morgan fingerprint density at radius 2 is 1.43 bits per heavy atom. The van der Waals surface area contributed by atoms with Crippen molar-refractivity contribution in [1.82, 2.24) is 10.7 Å². The zero-order chi connectivity index (χ0) is 20.9. The molecule has 0 saturated carbocycles. The number of alkyl carbamates (subject to hydrolysis) is 1. The molecule has 1 atom stereocenters. The van der Waals surface area contributed by atoms with Crippen LogP contribution in [0.2, 0.25) is 0 Å². The molecule has 1 aliphatic rings. The van der Waals surface area contributed by atoms with E-state index in [2.05, 4.69) is 35.0 Å². The van der Waals surface area contributed by atoms with E-state index in [9.17, 15) is 9.59 Å². The summed E-state index contributed by atoms with van der Waals surface area (Å²) in [5, 5.41) is 2.63. The van der Waals surface area contributed by atoms with Gasteiger partial charge in [-0.25, -0.2) is 10.6 Å². The van der Waals surface area contributed by atoms with E-state index in [-0.39, 0.29) is 12.5 Å². The van der Waals surface area contributed by atoms with Crippen molar-refractivity contribution in [3.8, 4) is 11.1 Å². The van der Waals surface area contributed by atoms with Crippen LogP contribution in [0.3, 0.4) is 0 Å². The quantitative estimate of drug-likeness (QED) is 0.336. The number of rotatable bonds is 6. The third-order valence-electron chi connectivity index (χ3n) is 5.38. The van der Waals surface area contributed by atoms with Gasteiger partial charge in [-0.2, -0.15) is 0 Å². The Labute approximate surface area is 175 Å². The molecule has 1 aliphatic carbocycles. The van der Waals surface area contributed by atoms with Gasteiger partial charge < -0.3 is 10.1 Å². The summed E-state index contributed by atoms with van der Waals surface area (Å²) in [4.78, 5) is 24.6. The highest BCUT2D eigenvalue weighted by Crippen LogP contribution is 2.44. The lowest BCUT2D eigenvalue weighted by Gasteiger charge is -2.19. The Kier molecular flexibility index (Phi) is 5.77. The molecule has 152 valence electrons. The van der Waals surface area contributed by atoms with Crippen molar-refractivity contribution in [3.63, 3.8) is 0 Å². The van der Waals surface area contributed by atoms with Gasteiger partial charge in [0.15, 0.2) is 0 Å². The van der Waals surface area contributed by atoms with E-state index in [4.69, 9.17) is 10.6 Å². The Bertz CT molecular complexity index is 1010. The first-order chi connectivity index (χ1) is 14.7. The van der Waals surface area contributed by atoms with Crippen molar-refractivity contribution >= 4 is 12.0 Å². The van der Waals surface area contributed by atoms with Crippen LogP contribution in [0.25, 0.3) is 11.1 Å². The van der Waals surface area contributed by atoms with Crippen LogP contribution in [0, 0.1) is 0 Å². The highest BCUT2D eigenvalue weighted by atomic mass is 16.5. The van der Waals surface area contributed by atoms with Crippen LogP contribution >= 0.6 is 0 Å². The summed E-state index contributed by atoms with van der Waals surface area (Å²) in [7, 11) is 0. The molecule has 3 aromatic carbocycles. The van der Waals surface area contributed by atoms with Crippen LogP contribution in [-0.2, 0) is 16.0 Å². The molecule has 4 rings (SSSR count).